The lowest BCUT2D eigenvalue weighted by molar-refractivity contribution is -0.140. The van der Waals surface area contributed by atoms with E-state index in [1.54, 1.807) is 0 Å². The van der Waals surface area contributed by atoms with E-state index in [1.165, 1.54) is 18.2 Å². The topological polar surface area (TPSA) is 114 Å². The van der Waals surface area contributed by atoms with Crippen molar-refractivity contribution in [2.75, 3.05) is 20.3 Å². The molecule has 1 fully saturated rings. The van der Waals surface area contributed by atoms with Gasteiger partial charge >= 0.3 is 12.1 Å². The van der Waals surface area contributed by atoms with Gasteiger partial charge in [0.05, 0.1) is 12.5 Å². The number of ether oxygens (including phenoxy) is 2. The highest BCUT2D eigenvalue weighted by Crippen LogP contribution is 2.44. The van der Waals surface area contributed by atoms with Gasteiger partial charge in [-0.2, -0.15) is 0 Å². The molecular weight excluding hydrogens is 424 g/mol. The Labute approximate surface area is 192 Å². The number of methoxy groups -OCH3 is 1. The van der Waals surface area contributed by atoms with Crippen LogP contribution in [0, 0.1) is 5.92 Å². The zero-order chi connectivity index (χ0) is 23.4. The molecule has 0 spiro atoms. The molecule has 3 N–H and O–H groups in total. The Kier molecular flexibility index (Phi) is 6.93. The van der Waals surface area contributed by atoms with E-state index in [-0.39, 0.29) is 43.4 Å². The maximum atomic E-state index is 12.4. The van der Waals surface area contributed by atoms with Crippen LogP contribution in [0.4, 0.5) is 4.79 Å². The van der Waals surface area contributed by atoms with Gasteiger partial charge in [-0.3, -0.25) is 9.59 Å². The summed E-state index contributed by atoms with van der Waals surface area (Å²) < 4.78 is 10.6. The van der Waals surface area contributed by atoms with Crippen molar-refractivity contribution in [3.8, 4) is 11.1 Å². The minimum atomic E-state index is -0.980. The SMILES string of the molecule is COC(CNC(=O)C1CC(NC(=O)OCC2c3ccccc3-c3ccccc32)C1)CC(=O)O. The van der Waals surface area contributed by atoms with Gasteiger partial charge in [-0.15, -0.1) is 0 Å². The van der Waals surface area contributed by atoms with Gasteiger partial charge in [0.1, 0.15) is 6.61 Å². The summed E-state index contributed by atoms with van der Waals surface area (Å²) >= 11 is 0. The molecule has 8 heteroatoms. The van der Waals surface area contributed by atoms with E-state index in [1.807, 2.05) is 24.3 Å². The maximum absolute atomic E-state index is 12.4. The van der Waals surface area contributed by atoms with Gasteiger partial charge in [-0.05, 0) is 35.1 Å². The Bertz CT molecular complexity index is 988. The molecule has 1 atom stereocenters. The first-order valence-corrected chi connectivity index (χ1v) is 11.1. The monoisotopic (exact) mass is 452 g/mol. The van der Waals surface area contributed by atoms with Gasteiger partial charge in [0.15, 0.2) is 0 Å². The number of carboxylic acids is 1. The Balaban J connectivity index is 1.21. The number of carbonyl (C=O) groups is 3. The van der Waals surface area contributed by atoms with E-state index in [0.717, 1.165) is 11.1 Å². The van der Waals surface area contributed by atoms with Gasteiger partial charge in [0.25, 0.3) is 0 Å². The highest BCUT2D eigenvalue weighted by Gasteiger charge is 2.36. The summed E-state index contributed by atoms with van der Waals surface area (Å²) in [6.07, 6.45) is -0.185. The molecular formula is C25H28N2O6. The molecule has 2 aliphatic carbocycles. The van der Waals surface area contributed by atoms with Crippen molar-refractivity contribution in [3.05, 3.63) is 59.7 Å². The molecule has 1 unspecified atom stereocenters. The molecule has 1 saturated carbocycles. The summed E-state index contributed by atoms with van der Waals surface area (Å²) in [5.41, 5.74) is 4.66. The highest BCUT2D eigenvalue weighted by atomic mass is 16.5. The van der Waals surface area contributed by atoms with Crippen LogP contribution in [0.2, 0.25) is 0 Å². The summed E-state index contributed by atoms with van der Waals surface area (Å²) in [6, 6.07) is 16.2. The number of aliphatic carboxylic acids is 1. The minimum Gasteiger partial charge on any atom is -0.481 e. The lowest BCUT2D eigenvalue weighted by Gasteiger charge is -2.34. The van der Waals surface area contributed by atoms with Crippen LogP contribution in [0.25, 0.3) is 11.1 Å². The fourth-order valence-electron chi connectivity index (χ4n) is 4.55. The Morgan fingerprint density at radius 1 is 1.03 bits per heavy atom. The second-order valence-corrected chi connectivity index (χ2v) is 8.54. The average Bonchev–Trinajstić information content (AvgIpc) is 3.10. The summed E-state index contributed by atoms with van der Waals surface area (Å²) in [7, 11) is 1.41. The van der Waals surface area contributed by atoms with Crippen LogP contribution >= 0.6 is 0 Å². The van der Waals surface area contributed by atoms with Crippen LogP contribution in [0.1, 0.15) is 36.3 Å². The first-order chi connectivity index (χ1) is 16.0. The molecule has 0 aromatic heterocycles. The van der Waals surface area contributed by atoms with Crippen molar-refractivity contribution < 1.29 is 29.0 Å². The molecule has 2 aromatic carbocycles. The molecule has 0 bridgehead atoms. The number of hydrogen-bond acceptors (Lipinski definition) is 5. The van der Waals surface area contributed by atoms with Gasteiger partial charge in [0.2, 0.25) is 5.91 Å². The fraction of sp³-hybridized carbons (Fsp3) is 0.400. The molecule has 0 heterocycles. The molecule has 174 valence electrons. The average molecular weight is 453 g/mol. The predicted molar refractivity (Wildman–Crippen MR) is 121 cm³/mol. The number of alkyl carbamates (subject to hydrolysis) is 1. The maximum Gasteiger partial charge on any atom is 0.407 e. The third kappa shape index (κ3) is 5.17. The third-order valence-electron chi connectivity index (χ3n) is 6.41. The van der Waals surface area contributed by atoms with Crippen molar-refractivity contribution in [2.45, 2.75) is 37.3 Å². The predicted octanol–water partition coefficient (Wildman–Crippen LogP) is 2.91. The quantitative estimate of drug-likeness (QED) is 0.539. The summed E-state index contributed by atoms with van der Waals surface area (Å²) in [5.74, 6) is -1.35. The minimum absolute atomic E-state index is 0.00241. The van der Waals surface area contributed by atoms with Gasteiger partial charge in [0, 0.05) is 31.5 Å². The Morgan fingerprint density at radius 3 is 2.21 bits per heavy atom. The Hall–Kier alpha value is -3.39. The number of carboxylic acid groups (broad SMARTS) is 1. The van der Waals surface area contributed by atoms with E-state index in [4.69, 9.17) is 14.6 Å². The highest BCUT2D eigenvalue weighted by molar-refractivity contribution is 5.81. The number of rotatable bonds is 9. The van der Waals surface area contributed by atoms with E-state index in [2.05, 4.69) is 34.9 Å². The zero-order valence-electron chi connectivity index (χ0n) is 18.5. The number of amides is 2. The van der Waals surface area contributed by atoms with E-state index in [0.29, 0.717) is 12.8 Å². The van der Waals surface area contributed by atoms with E-state index in [9.17, 15) is 14.4 Å². The second kappa shape index (κ2) is 10.0. The van der Waals surface area contributed by atoms with Gasteiger partial charge in [-0.25, -0.2) is 4.79 Å². The van der Waals surface area contributed by atoms with Crippen molar-refractivity contribution >= 4 is 18.0 Å². The van der Waals surface area contributed by atoms with Gasteiger partial charge < -0.3 is 25.2 Å². The molecule has 2 amide bonds. The first-order valence-electron chi connectivity index (χ1n) is 11.1. The normalized spacial score (nSPS) is 19.5. The molecule has 0 aliphatic heterocycles. The van der Waals surface area contributed by atoms with Crippen molar-refractivity contribution in [2.24, 2.45) is 5.92 Å². The van der Waals surface area contributed by atoms with Crippen LogP contribution in [-0.4, -0.2) is 55.5 Å². The van der Waals surface area contributed by atoms with Crippen molar-refractivity contribution in [1.82, 2.24) is 10.6 Å². The summed E-state index contributed by atoms with van der Waals surface area (Å²) in [5, 5.41) is 14.4. The largest absolute Gasteiger partial charge is 0.481 e. The molecule has 4 rings (SSSR count). The van der Waals surface area contributed by atoms with Gasteiger partial charge in [-0.1, -0.05) is 48.5 Å². The van der Waals surface area contributed by atoms with E-state index >= 15 is 0 Å². The fourth-order valence-corrected chi connectivity index (χ4v) is 4.55. The number of nitrogens with one attached hydrogen (secondary N) is 2. The van der Waals surface area contributed by atoms with Crippen molar-refractivity contribution in [3.63, 3.8) is 0 Å². The lowest BCUT2D eigenvalue weighted by atomic mass is 9.79. The number of carbonyl (C=O) groups excluding carboxylic acids is 2. The molecule has 0 saturated heterocycles. The first kappa shape index (κ1) is 22.8. The number of hydrogen-bond donors (Lipinski definition) is 3. The Morgan fingerprint density at radius 2 is 1.64 bits per heavy atom. The van der Waals surface area contributed by atoms with Crippen LogP contribution in [-0.2, 0) is 19.1 Å². The molecule has 0 radical (unpaired) electrons. The molecule has 2 aliphatic rings. The van der Waals surface area contributed by atoms with Crippen molar-refractivity contribution in [1.29, 1.82) is 0 Å². The third-order valence-corrected chi connectivity index (χ3v) is 6.41. The van der Waals surface area contributed by atoms with Crippen LogP contribution < -0.4 is 10.6 Å². The number of fused-ring (bicyclic) bond motifs is 3. The molecule has 33 heavy (non-hydrogen) atoms. The molecule has 8 nitrogen and oxygen atoms in total. The zero-order valence-corrected chi connectivity index (χ0v) is 18.5. The van der Waals surface area contributed by atoms with E-state index < -0.39 is 18.2 Å². The van der Waals surface area contributed by atoms with Crippen LogP contribution in [0.3, 0.4) is 0 Å². The van der Waals surface area contributed by atoms with Crippen LogP contribution in [0.15, 0.2) is 48.5 Å². The van der Waals surface area contributed by atoms with Crippen LogP contribution in [0.5, 0.6) is 0 Å². The molecule has 2 aromatic rings. The lowest BCUT2D eigenvalue weighted by Crippen LogP contribution is -2.50. The summed E-state index contributed by atoms with van der Waals surface area (Å²) in [4.78, 5) is 35.4. The standard InChI is InChI=1S/C25H28N2O6/c1-32-17(12-23(28)29)13-26-24(30)15-10-16(11-15)27-25(31)33-14-22-20-8-4-2-6-18(20)19-7-3-5-9-21(19)22/h2-9,15-17,22H,10-14H2,1H3,(H,26,30)(H,27,31)(H,28,29). The summed E-state index contributed by atoms with van der Waals surface area (Å²) in [6.45, 7) is 0.390. The number of benzene rings is 2. The second-order valence-electron chi connectivity index (χ2n) is 8.54. The smallest absolute Gasteiger partial charge is 0.407 e.